The third-order valence-electron chi connectivity index (χ3n) is 4.55. The molecule has 3 heterocycles. The lowest BCUT2D eigenvalue weighted by molar-refractivity contribution is -0.138. The fraction of sp³-hybridized carbons (Fsp3) is 0.562. The summed E-state index contributed by atoms with van der Waals surface area (Å²) in [6, 6.07) is 4.00. The minimum atomic E-state index is -0.0134. The van der Waals surface area contributed by atoms with Crippen LogP contribution in [0.1, 0.15) is 5.56 Å². The first-order valence-electron chi connectivity index (χ1n) is 7.65. The van der Waals surface area contributed by atoms with Gasteiger partial charge >= 0.3 is 0 Å². The van der Waals surface area contributed by atoms with Crippen molar-refractivity contribution < 1.29 is 9.59 Å². The minimum Gasteiger partial charge on any atom is -0.347 e. The first-order chi connectivity index (χ1) is 10.5. The third-order valence-corrected chi connectivity index (χ3v) is 4.55. The molecule has 3 rings (SSSR count). The normalized spacial score (nSPS) is 24.6. The molecule has 2 amide bonds. The maximum absolute atomic E-state index is 12.5. The van der Waals surface area contributed by atoms with Gasteiger partial charge in [-0.2, -0.15) is 0 Å². The van der Waals surface area contributed by atoms with Crippen molar-refractivity contribution in [3.8, 4) is 0 Å². The summed E-state index contributed by atoms with van der Waals surface area (Å²) < 4.78 is 0. The number of carbonyl (C=O) groups is 2. The summed E-state index contributed by atoms with van der Waals surface area (Å²) in [5.41, 5.74) is 1.18. The predicted molar refractivity (Wildman–Crippen MR) is 81.8 cm³/mol. The Kier molecular flexibility index (Phi) is 4.11. The lowest BCUT2D eigenvalue weighted by atomic mass is 10.0. The van der Waals surface area contributed by atoms with E-state index in [1.54, 1.807) is 25.2 Å². The van der Waals surface area contributed by atoms with Crippen LogP contribution in [0.3, 0.4) is 0 Å². The molecule has 0 bridgehead atoms. The summed E-state index contributed by atoms with van der Waals surface area (Å²) >= 11 is 0. The molecule has 0 N–H and O–H groups in total. The molecule has 2 aliphatic heterocycles. The van der Waals surface area contributed by atoms with Gasteiger partial charge in [-0.15, -0.1) is 0 Å². The Labute approximate surface area is 130 Å². The molecular formula is C16H22N4O2. The first kappa shape index (κ1) is 15.0. The molecule has 22 heavy (non-hydrogen) atoms. The molecule has 0 aromatic carbocycles. The molecule has 0 unspecified atom stereocenters. The van der Waals surface area contributed by atoms with Crippen molar-refractivity contribution in [3.05, 3.63) is 30.1 Å². The monoisotopic (exact) mass is 302 g/mol. The molecule has 118 valence electrons. The van der Waals surface area contributed by atoms with Gasteiger partial charge in [0.2, 0.25) is 11.8 Å². The Bertz CT molecular complexity index is 561. The number of amides is 2. The van der Waals surface area contributed by atoms with Crippen LogP contribution in [0.4, 0.5) is 0 Å². The van der Waals surface area contributed by atoms with Crippen LogP contribution in [0.25, 0.3) is 0 Å². The molecular weight excluding hydrogens is 280 g/mol. The number of aromatic nitrogens is 1. The van der Waals surface area contributed by atoms with Crippen molar-refractivity contribution in [3.63, 3.8) is 0 Å². The maximum atomic E-state index is 12.5. The molecule has 6 heteroatoms. The standard InChI is InChI=1S/C16H22N4O2/c1-18(2)15(21)11-20-9-13-8-19(10-14(13)16(20)22)7-12-4-3-5-17-6-12/h3-6,13-14H,7-11H2,1-2H3/t13-,14-/m0/s1. The van der Waals surface area contributed by atoms with E-state index in [4.69, 9.17) is 0 Å². The molecule has 2 aliphatic rings. The van der Waals surface area contributed by atoms with E-state index >= 15 is 0 Å². The number of hydrogen-bond donors (Lipinski definition) is 0. The minimum absolute atomic E-state index is 0.0134. The van der Waals surface area contributed by atoms with Crippen molar-refractivity contribution in [1.82, 2.24) is 19.7 Å². The summed E-state index contributed by atoms with van der Waals surface area (Å²) in [5, 5.41) is 0. The van der Waals surface area contributed by atoms with Gasteiger partial charge in [-0.05, 0) is 11.6 Å². The SMILES string of the molecule is CN(C)C(=O)CN1C[C@@H]2CN(Cc3cccnc3)C[C@@H]2C1=O. The average Bonchev–Trinajstić information content (AvgIpc) is 3.00. The van der Waals surface area contributed by atoms with E-state index in [1.807, 2.05) is 12.3 Å². The fourth-order valence-corrected chi connectivity index (χ4v) is 3.36. The largest absolute Gasteiger partial charge is 0.347 e. The number of likely N-dealkylation sites (tertiary alicyclic amines) is 2. The summed E-state index contributed by atoms with van der Waals surface area (Å²) in [6.45, 7) is 3.45. The first-order valence-corrected chi connectivity index (χ1v) is 7.65. The summed E-state index contributed by atoms with van der Waals surface area (Å²) in [5.74, 6) is 0.514. The van der Waals surface area contributed by atoms with Gasteiger partial charge in [0.1, 0.15) is 0 Å². The van der Waals surface area contributed by atoms with Gasteiger partial charge in [0, 0.05) is 58.6 Å². The van der Waals surface area contributed by atoms with Crippen LogP contribution < -0.4 is 0 Å². The Balaban J connectivity index is 1.57. The Morgan fingerprint density at radius 3 is 2.82 bits per heavy atom. The van der Waals surface area contributed by atoms with Crippen LogP contribution in [0.15, 0.2) is 24.5 Å². The second-order valence-electron chi connectivity index (χ2n) is 6.43. The number of fused-ring (bicyclic) bond motifs is 1. The second kappa shape index (κ2) is 6.04. The molecule has 2 fully saturated rings. The molecule has 0 radical (unpaired) electrons. The lowest BCUT2D eigenvalue weighted by Gasteiger charge is -2.22. The Morgan fingerprint density at radius 2 is 2.18 bits per heavy atom. The van der Waals surface area contributed by atoms with Gasteiger partial charge in [-0.1, -0.05) is 6.07 Å². The number of pyridine rings is 1. The van der Waals surface area contributed by atoms with Crippen molar-refractivity contribution in [1.29, 1.82) is 0 Å². The number of likely N-dealkylation sites (N-methyl/N-ethyl adjacent to an activating group) is 1. The molecule has 1 aromatic heterocycles. The van der Waals surface area contributed by atoms with Crippen LogP contribution in [0.5, 0.6) is 0 Å². The molecule has 6 nitrogen and oxygen atoms in total. The highest BCUT2D eigenvalue weighted by atomic mass is 16.2. The molecule has 0 saturated carbocycles. The third kappa shape index (κ3) is 2.97. The predicted octanol–water partition coefficient (Wildman–Crippen LogP) is 0.0600. The van der Waals surface area contributed by atoms with Gasteiger partial charge < -0.3 is 9.80 Å². The van der Waals surface area contributed by atoms with E-state index in [-0.39, 0.29) is 24.3 Å². The number of hydrogen-bond acceptors (Lipinski definition) is 4. The van der Waals surface area contributed by atoms with Crippen molar-refractivity contribution in [2.75, 3.05) is 40.3 Å². The highest BCUT2D eigenvalue weighted by Crippen LogP contribution is 2.32. The molecule has 2 atom stereocenters. The Hall–Kier alpha value is -1.95. The highest BCUT2D eigenvalue weighted by Gasteiger charge is 2.46. The summed E-state index contributed by atoms with van der Waals surface area (Å²) in [6.07, 6.45) is 3.64. The quantitative estimate of drug-likeness (QED) is 0.789. The molecule has 0 spiro atoms. The maximum Gasteiger partial charge on any atom is 0.241 e. The van der Waals surface area contributed by atoms with E-state index in [9.17, 15) is 9.59 Å². The van der Waals surface area contributed by atoms with Gasteiger partial charge in [0.15, 0.2) is 0 Å². The van der Waals surface area contributed by atoms with Crippen LogP contribution in [0.2, 0.25) is 0 Å². The molecule has 0 aliphatic carbocycles. The average molecular weight is 302 g/mol. The van der Waals surface area contributed by atoms with E-state index in [1.165, 1.54) is 10.5 Å². The van der Waals surface area contributed by atoms with E-state index < -0.39 is 0 Å². The van der Waals surface area contributed by atoms with Crippen LogP contribution in [-0.4, -0.2) is 71.8 Å². The number of carbonyl (C=O) groups excluding carboxylic acids is 2. The number of nitrogens with zero attached hydrogens (tertiary/aromatic N) is 4. The Morgan fingerprint density at radius 1 is 1.36 bits per heavy atom. The van der Waals surface area contributed by atoms with Crippen LogP contribution >= 0.6 is 0 Å². The van der Waals surface area contributed by atoms with Gasteiger partial charge in [-0.3, -0.25) is 19.5 Å². The van der Waals surface area contributed by atoms with Gasteiger partial charge in [-0.25, -0.2) is 0 Å². The van der Waals surface area contributed by atoms with Gasteiger partial charge in [0.25, 0.3) is 0 Å². The lowest BCUT2D eigenvalue weighted by Crippen LogP contribution is -2.40. The molecule has 1 aromatic rings. The van der Waals surface area contributed by atoms with Crippen molar-refractivity contribution >= 4 is 11.8 Å². The highest BCUT2D eigenvalue weighted by molar-refractivity contribution is 5.87. The van der Waals surface area contributed by atoms with Crippen LogP contribution in [0, 0.1) is 11.8 Å². The van der Waals surface area contributed by atoms with Crippen molar-refractivity contribution in [2.24, 2.45) is 11.8 Å². The van der Waals surface area contributed by atoms with E-state index in [0.717, 1.165) is 19.6 Å². The van der Waals surface area contributed by atoms with E-state index in [0.29, 0.717) is 12.5 Å². The van der Waals surface area contributed by atoms with Crippen molar-refractivity contribution in [2.45, 2.75) is 6.54 Å². The molecule has 2 saturated heterocycles. The summed E-state index contributed by atoms with van der Waals surface area (Å²) in [4.78, 5) is 33.9. The zero-order valence-corrected chi connectivity index (χ0v) is 13.1. The summed E-state index contributed by atoms with van der Waals surface area (Å²) in [7, 11) is 3.44. The zero-order valence-electron chi connectivity index (χ0n) is 13.1. The van der Waals surface area contributed by atoms with E-state index in [2.05, 4.69) is 16.0 Å². The second-order valence-corrected chi connectivity index (χ2v) is 6.43. The fourth-order valence-electron chi connectivity index (χ4n) is 3.36. The zero-order chi connectivity index (χ0) is 15.7. The topological polar surface area (TPSA) is 56.8 Å². The number of rotatable bonds is 4. The van der Waals surface area contributed by atoms with Gasteiger partial charge in [0.05, 0.1) is 12.5 Å². The smallest absolute Gasteiger partial charge is 0.241 e. The van der Waals surface area contributed by atoms with Crippen LogP contribution in [-0.2, 0) is 16.1 Å².